The number of nitrogens with zero attached hydrogens (tertiary/aromatic N) is 1. The summed E-state index contributed by atoms with van der Waals surface area (Å²) in [4.78, 5) is 2.52. The van der Waals surface area contributed by atoms with Gasteiger partial charge in [-0.2, -0.15) is 0 Å². The summed E-state index contributed by atoms with van der Waals surface area (Å²) in [5, 5.41) is 4.15. The van der Waals surface area contributed by atoms with Crippen LogP contribution in [-0.2, 0) is 0 Å². The van der Waals surface area contributed by atoms with Crippen molar-refractivity contribution in [2.45, 2.75) is 62.9 Å². The molecule has 2 nitrogen and oxygen atoms in total. The molecular weight excluding hydrogens is 220 g/mol. The Labute approximate surface area is 111 Å². The Balaban J connectivity index is 1.47. The summed E-state index contributed by atoms with van der Waals surface area (Å²) < 4.78 is 0. The molecule has 0 radical (unpaired) electrons. The Kier molecular flexibility index (Phi) is 2.74. The van der Waals surface area contributed by atoms with E-state index in [1.807, 2.05) is 0 Å². The monoisotopic (exact) mass is 248 g/mol. The van der Waals surface area contributed by atoms with Gasteiger partial charge in [0.05, 0.1) is 0 Å². The van der Waals surface area contributed by atoms with Crippen molar-refractivity contribution in [3.05, 3.63) is 0 Å². The largest absolute Gasteiger partial charge is 0.307 e. The molecule has 4 saturated carbocycles. The second kappa shape index (κ2) is 4.21. The molecule has 5 fully saturated rings. The van der Waals surface area contributed by atoms with E-state index in [0.717, 1.165) is 23.8 Å². The fraction of sp³-hybridized carbons (Fsp3) is 1.00. The maximum absolute atomic E-state index is 4.15. The first-order valence-electron chi connectivity index (χ1n) is 8.17. The molecule has 0 aromatic heterocycles. The summed E-state index contributed by atoms with van der Waals surface area (Å²) in [6.45, 7) is 2.58. The van der Waals surface area contributed by atoms with Gasteiger partial charge in [0.1, 0.15) is 0 Å². The SMILES string of the molecule is CN1CCCC(NC23CC4CC(CC(C4)C2)C3)C1. The molecule has 4 aliphatic carbocycles. The first-order valence-corrected chi connectivity index (χ1v) is 8.17. The van der Waals surface area contributed by atoms with E-state index in [2.05, 4.69) is 17.3 Å². The second-order valence-electron chi connectivity index (χ2n) is 7.94. The van der Waals surface area contributed by atoms with Crippen molar-refractivity contribution in [2.75, 3.05) is 20.1 Å². The van der Waals surface area contributed by atoms with Crippen LogP contribution in [0.3, 0.4) is 0 Å². The highest BCUT2D eigenvalue weighted by atomic mass is 15.2. The average Bonchev–Trinajstić information content (AvgIpc) is 2.25. The normalized spacial score (nSPS) is 51.8. The van der Waals surface area contributed by atoms with Crippen molar-refractivity contribution >= 4 is 0 Å². The molecule has 1 unspecified atom stereocenters. The topological polar surface area (TPSA) is 15.3 Å². The number of rotatable bonds is 2. The lowest BCUT2D eigenvalue weighted by molar-refractivity contribution is -0.0291. The predicted octanol–water partition coefficient (Wildman–Crippen LogP) is 2.64. The first-order chi connectivity index (χ1) is 8.71. The zero-order valence-electron chi connectivity index (χ0n) is 11.8. The summed E-state index contributed by atoms with van der Waals surface area (Å²) in [5.74, 6) is 3.22. The summed E-state index contributed by atoms with van der Waals surface area (Å²) in [5.41, 5.74) is 0.567. The summed E-state index contributed by atoms with van der Waals surface area (Å²) in [7, 11) is 2.29. The molecule has 2 heteroatoms. The third kappa shape index (κ3) is 2.02. The van der Waals surface area contributed by atoms with Crippen LogP contribution in [0.25, 0.3) is 0 Å². The Morgan fingerprint density at radius 2 is 1.61 bits per heavy atom. The summed E-state index contributed by atoms with van der Waals surface area (Å²) >= 11 is 0. The smallest absolute Gasteiger partial charge is 0.0200 e. The summed E-state index contributed by atoms with van der Waals surface area (Å²) in [6.07, 6.45) is 12.0. The van der Waals surface area contributed by atoms with Crippen molar-refractivity contribution in [2.24, 2.45) is 17.8 Å². The lowest BCUT2D eigenvalue weighted by Gasteiger charge is -2.58. The molecule has 1 atom stereocenters. The van der Waals surface area contributed by atoms with E-state index in [1.165, 1.54) is 45.2 Å². The van der Waals surface area contributed by atoms with Gasteiger partial charge in [0.2, 0.25) is 0 Å². The standard InChI is InChI=1S/C16H28N2/c1-18-4-2-3-15(11-18)17-16-8-12-5-13(9-16)7-14(6-12)10-16/h12-15,17H,2-11H2,1H3. The van der Waals surface area contributed by atoms with Crippen LogP contribution in [0.15, 0.2) is 0 Å². The van der Waals surface area contributed by atoms with Gasteiger partial charge in [-0.3, -0.25) is 0 Å². The van der Waals surface area contributed by atoms with Crippen LogP contribution in [0.5, 0.6) is 0 Å². The van der Waals surface area contributed by atoms with Crippen LogP contribution >= 0.6 is 0 Å². The molecule has 1 saturated heterocycles. The van der Waals surface area contributed by atoms with Crippen molar-refractivity contribution in [3.8, 4) is 0 Å². The highest BCUT2D eigenvalue weighted by Crippen LogP contribution is 2.55. The second-order valence-corrected chi connectivity index (χ2v) is 7.94. The van der Waals surface area contributed by atoms with Gasteiger partial charge in [-0.25, -0.2) is 0 Å². The molecule has 5 rings (SSSR count). The Morgan fingerprint density at radius 3 is 2.17 bits per heavy atom. The van der Waals surface area contributed by atoms with Gasteiger partial charge < -0.3 is 10.2 Å². The zero-order valence-corrected chi connectivity index (χ0v) is 11.8. The fourth-order valence-corrected chi connectivity index (χ4v) is 6.00. The van der Waals surface area contributed by atoms with Crippen LogP contribution in [-0.4, -0.2) is 36.6 Å². The average molecular weight is 248 g/mol. The van der Waals surface area contributed by atoms with E-state index in [0.29, 0.717) is 5.54 Å². The van der Waals surface area contributed by atoms with Crippen LogP contribution in [0, 0.1) is 17.8 Å². The lowest BCUT2D eigenvalue weighted by Crippen LogP contribution is -2.62. The maximum atomic E-state index is 4.15. The molecule has 0 aromatic carbocycles. The number of hydrogen-bond donors (Lipinski definition) is 1. The molecular formula is C16H28N2. The molecule has 4 bridgehead atoms. The Hall–Kier alpha value is -0.0800. The van der Waals surface area contributed by atoms with E-state index in [4.69, 9.17) is 0 Å². The van der Waals surface area contributed by atoms with Gasteiger partial charge in [-0.05, 0) is 82.7 Å². The van der Waals surface area contributed by atoms with Crippen molar-refractivity contribution in [1.82, 2.24) is 10.2 Å². The molecule has 5 aliphatic rings. The molecule has 18 heavy (non-hydrogen) atoms. The van der Waals surface area contributed by atoms with E-state index in [-0.39, 0.29) is 0 Å². The number of nitrogens with one attached hydrogen (secondary N) is 1. The van der Waals surface area contributed by atoms with E-state index < -0.39 is 0 Å². The first kappa shape index (κ1) is 11.7. The highest BCUT2D eigenvalue weighted by molar-refractivity contribution is 5.07. The highest BCUT2D eigenvalue weighted by Gasteiger charge is 2.51. The van der Waals surface area contributed by atoms with Gasteiger partial charge in [-0.1, -0.05) is 0 Å². The van der Waals surface area contributed by atoms with Crippen molar-refractivity contribution < 1.29 is 0 Å². The lowest BCUT2D eigenvalue weighted by atomic mass is 9.53. The predicted molar refractivity (Wildman–Crippen MR) is 74.6 cm³/mol. The van der Waals surface area contributed by atoms with Crippen LogP contribution in [0.1, 0.15) is 51.4 Å². The van der Waals surface area contributed by atoms with Crippen molar-refractivity contribution in [3.63, 3.8) is 0 Å². The van der Waals surface area contributed by atoms with E-state index >= 15 is 0 Å². The quantitative estimate of drug-likeness (QED) is 0.808. The third-order valence-electron chi connectivity index (χ3n) is 6.17. The Morgan fingerprint density at radius 1 is 1.00 bits per heavy atom. The molecule has 102 valence electrons. The van der Waals surface area contributed by atoms with Crippen LogP contribution in [0.2, 0.25) is 0 Å². The number of likely N-dealkylation sites (N-methyl/N-ethyl adjacent to an activating group) is 1. The van der Waals surface area contributed by atoms with Crippen molar-refractivity contribution in [1.29, 1.82) is 0 Å². The van der Waals surface area contributed by atoms with Gasteiger partial charge >= 0.3 is 0 Å². The molecule has 1 N–H and O–H groups in total. The third-order valence-corrected chi connectivity index (χ3v) is 6.17. The van der Waals surface area contributed by atoms with E-state index in [9.17, 15) is 0 Å². The van der Waals surface area contributed by atoms with Gasteiger partial charge in [0, 0.05) is 18.1 Å². The molecule has 0 amide bonds. The number of piperidine rings is 1. The Bertz CT molecular complexity index is 290. The minimum absolute atomic E-state index is 0.567. The van der Waals surface area contributed by atoms with E-state index in [1.54, 1.807) is 19.3 Å². The molecule has 0 aromatic rings. The van der Waals surface area contributed by atoms with Gasteiger partial charge in [-0.15, -0.1) is 0 Å². The maximum Gasteiger partial charge on any atom is 0.0200 e. The fourth-order valence-electron chi connectivity index (χ4n) is 6.00. The van der Waals surface area contributed by atoms with Gasteiger partial charge in [0.25, 0.3) is 0 Å². The summed E-state index contributed by atoms with van der Waals surface area (Å²) in [6, 6.07) is 0.778. The molecule has 1 heterocycles. The molecule has 1 aliphatic heterocycles. The number of hydrogen-bond acceptors (Lipinski definition) is 2. The minimum atomic E-state index is 0.567. The number of likely N-dealkylation sites (tertiary alicyclic amines) is 1. The van der Waals surface area contributed by atoms with Gasteiger partial charge in [0.15, 0.2) is 0 Å². The zero-order chi connectivity index (χ0) is 12.2. The minimum Gasteiger partial charge on any atom is -0.307 e. The van der Waals surface area contributed by atoms with Crippen LogP contribution < -0.4 is 5.32 Å². The molecule has 0 spiro atoms. The van der Waals surface area contributed by atoms with Crippen LogP contribution in [0.4, 0.5) is 0 Å².